The summed E-state index contributed by atoms with van der Waals surface area (Å²) in [6.45, 7) is 5.61. The molecule has 0 spiro atoms. The Labute approximate surface area is 114 Å². The number of aliphatic hydroxyl groups excluding tert-OH is 1. The second-order valence-electron chi connectivity index (χ2n) is 4.25. The van der Waals surface area contributed by atoms with Gasteiger partial charge in [0.15, 0.2) is 0 Å². The quantitative estimate of drug-likeness (QED) is 0.836. The summed E-state index contributed by atoms with van der Waals surface area (Å²) in [5.41, 5.74) is 0. The van der Waals surface area contributed by atoms with Gasteiger partial charge in [-0.15, -0.1) is 11.3 Å². The van der Waals surface area contributed by atoms with Gasteiger partial charge in [0.1, 0.15) is 4.34 Å². The van der Waals surface area contributed by atoms with Gasteiger partial charge in [-0.1, -0.05) is 25.4 Å². The van der Waals surface area contributed by atoms with Crippen LogP contribution in [0.5, 0.6) is 0 Å². The number of nitrogens with one attached hydrogen (secondary N) is 1. The van der Waals surface area contributed by atoms with Gasteiger partial charge < -0.3 is 10.4 Å². The van der Waals surface area contributed by atoms with Crippen LogP contribution in [0.25, 0.3) is 0 Å². The van der Waals surface area contributed by atoms with E-state index in [0.29, 0.717) is 12.5 Å². The standard InChI is InChI=1S/C11H17BrClNOS/c1-7(2)3-8(15)5-14-6-9-4-10(12)11(13)16-9/h4,7-8,14-15H,3,5-6H2,1-2H3. The largest absolute Gasteiger partial charge is 0.392 e. The number of hydrogen-bond donors (Lipinski definition) is 2. The van der Waals surface area contributed by atoms with E-state index in [4.69, 9.17) is 11.6 Å². The summed E-state index contributed by atoms with van der Waals surface area (Å²) >= 11 is 10.9. The molecule has 0 aliphatic heterocycles. The third kappa shape index (κ3) is 5.15. The van der Waals surface area contributed by atoms with Crippen LogP contribution in [0.3, 0.4) is 0 Å². The van der Waals surface area contributed by atoms with Gasteiger partial charge in [-0.05, 0) is 34.3 Å². The van der Waals surface area contributed by atoms with Gasteiger partial charge >= 0.3 is 0 Å². The average molecular weight is 327 g/mol. The number of aliphatic hydroxyl groups is 1. The Hall–Kier alpha value is 0.390. The second-order valence-corrected chi connectivity index (χ2v) is 6.84. The number of thiophene rings is 1. The van der Waals surface area contributed by atoms with Crippen molar-refractivity contribution in [2.45, 2.75) is 32.9 Å². The minimum atomic E-state index is -0.265. The Morgan fingerprint density at radius 1 is 1.56 bits per heavy atom. The zero-order valence-corrected chi connectivity index (χ0v) is 12.6. The van der Waals surface area contributed by atoms with E-state index in [9.17, 15) is 5.11 Å². The van der Waals surface area contributed by atoms with Gasteiger partial charge in [-0.3, -0.25) is 0 Å². The molecular weight excluding hydrogens is 310 g/mol. The Morgan fingerprint density at radius 3 is 2.75 bits per heavy atom. The average Bonchev–Trinajstić information content (AvgIpc) is 2.44. The summed E-state index contributed by atoms with van der Waals surface area (Å²) in [5.74, 6) is 0.530. The summed E-state index contributed by atoms with van der Waals surface area (Å²) in [4.78, 5) is 1.17. The van der Waals surface area contributed by atoms with E-state index >= 15 is 0 Å². The monoisotopic (exact) mass is 325 g/mol. The smallest absolute Gasteiger partial charge is 0.107 e. The Bertz CT molecular complexity index is 310. The molecule has 2 nitrogen and oxygen atoms in total. The van der Waals surface area contributed by atoms with Crippen LogP contribution in [0, 0.1) is 5.92 Å². The Kier molecular flexibility index (Phi) is 6.29. The summed E-state index contributed by atoms with van der Waals surface area (Å²) in [5, 5.41) is 12.9. The highest BCUT2D eigenvalue weighted by molar-refractivity contribution is 9.10. The molecule has 92 valence electrons. The maximum absolute atomic E-state index is 9.66. The lowest BCUT2D eigenvalue weighted by molar-refractivity contribution is 0.146. The molecule has 1 heterocycles. The highest BCUT2D eigenvalue weighted by Crippen LogP contribution is 2.31. The van der Waals surface area contributed by atoms with E-state index in [1.807, 2.05) is 6.07 Å². The van der Waals surface area contributed by atoms with Crippen molar-refractivity contribution in [1.82, 2.24) is 5.32 Å². The van der Waals surface area contributed by atoms with Crippen molar-refractivity contribution in [3.63, 3.8) is 0 Å². The fourth-order valence-corrected chi connectivity index (χ4v) is 3.23. The minimum absolute atomic E-state index is 0.265. The van der Waals surface area contributed by atoms with Crippen molar-refractivity contribution in [3.05, 3.63) is 19.8 Å². The number of hydrogen-bond acceptors (Lipinski definition) is 3. The predicted octanol–water partition coefficient (Wildman–Crippen LogP) is 3.66. The first-order valence-corrected chi connectivity index (χ1v) is 7.30. The van der Waals surface area contributed by atoms with Crippen LogP contribution >= 0.6 is 38.9 Å². The van der Waals surface area contributed by atoms with Gasteiger partial charge in [0.05, 0.1) is 6.10 Å². The van der Waals surface area contributed by atoms with E-state index in [-0.39, 0.29) is 6.10 Å². The zero-order chi connectivity index (χ0) is 12.1. The normalized spacial score (nSPS) is 13.4. The molecule has 0 fully saturated rings. The molecule has 1 rings (SSSR count). The number of halogens is 2. The lowest BCUT2D eigenvalue weighted by Crippen LogP contribution is -2.27. The third-order valence-electron chi connectivity index (χ3n) is 2.12. The molecule has 0 aliphatic rings. The molecule has 5 heteroatoms. The van der Waals surface area contributed by atoms with Gasteiger partial charge in [0.2, 0.25) is 0 Å². The molecule has 1 atom stereocenters. The van der Waals surface area contributed by atoms with Crippen molar-refractivity contribution in [2.75, 3.05) is 6.54 Å². The highest BCUT2D eigenvalue weighted by Gasteiger charge is 2.08. The molecule has 0 amide bonds. The van der Waals surface area contributed by atoms with Gasteiger partial charge in [0.25, 0.3) is 0 Å². The lowest BCUT2D eigenvalue weighted by atomic mass is 10.1. The van der Waals surface area contributed by atoms with E-state index in [2.05, 4.69) is 35.1 Å². The van der Waals surface area contributed by atoms with Crippen LogP contribution in [0.4, 0.5) is 0 Å². The summed E-state index contributed by atoms with van der Waals surface area (Å²) < 4.78 is 1.72. The zero-order valence-electron chi connectivity index (χ0n) is 9.46. The van der Waals surface area contributed by atoms with Crippen molar-refractivity contribution in [3.8, 4) is 0 Å². The Morgan fingerprint density at radius 2 is 2.25 bits per heavy atom. The fourth-order valence-electron chi connectivity index (χ4n) is 1.47. The predicted molar refractivity (Wildman–Crippen MR) is 74.2 cm³/mol. The maximum Gasteiger partial charge on any atom is 0.107 e. The van der Waals surface area contributed by atoms with Crippen LogP contribution in [0.2, 0.25) is 4.34 Å². The van der Waals surface area contributed by atoms with Crippen LogP contribution in [-0.4, -0.2) is 17.8 Å². The minimum Gasteiger partial charge on any atom is -0.392 e. The molecule has 1 aromatic rings. The molecule has 2 N–H and O–H groups in total. The van der Waals surface area contributed by atoms with E-state index < -0.39 is 0 Å². The highest BCUT2D eigenvalue weighted by atomic mass is 79.9. The number of rotatable bonds is 6. The van der Waals surface area contributed by atoms with Crippen LogP contribution < -0.4 is 5.32 Å². The van der Waals surface area contributed by atoms with Gasteiger partial charge in [0, 0.05) is 22.4 Å². The molecule has 0 saturated heterocycles. The van der Waals surface area contributed by atoms with Crippen molar-refractivity contribution in [2.24, 2.45) is 5.92 Å². The summed E-state index contributed by atoms with van der Waals surface area (Å²) in [6, 6.07) is 2.01. The molecule has 0 radical (unpaired) electrons. The molecule has 0 aliphatic carbocycles. The Balaban J connectivity index is 2.25. The fraction of sp³-hybridized carbons (Fsp3) is 0.636. The van der Waals surface area contributed by atoms with E-state index in [1.165, 1.54) is 4.88 Å². The molecule has 0 aromatic carbocycles. The van der Waals surface area contributed by atoms with E-state index in [0.717, 1.165) is 21.8 Å². The first kappa shape index (κ1) is 14.5. The SMILES string of the molecule is CC(C)CC(O)CNCc1cc(Br)c(Cl)s1. The van der Waals surface area contributed by atoms with Crippen LogP contribution in [-0.2, 0) is 6.54 Å². The lowest BCUT2D eigenvalue weighted by Gasteiger charge is -2.13. The van der Waals surface area contributed by atoms with Gasteiger partial charge in [-0.2, -0.15) is 0 Å². The van der Waals surface area contributed by atoms with Crippen molar-refractivity contribution in [1.29, 1.82) is 0 Å². The molecule has 0 saturated carbocycles. The van der Waals surface area contributed by atoms with E-state index in [1.54, 1.807) is 11.3 Å². The molecule has 0 bridgehead atoms. The molecule has 1 unspecified atom stereocenters. The van der Waals surface area contributed by atoms with Crippen LogP contribution in [0.1, 0.15) is 25.1 Å². The maximum atomic E-state index is 9.66. The molecular formula is C11H17BrClNOS. The summed E-state index contributed by atoms with van der Waals surface area (Å²) in [6.07, 6.45) is 0.570. The topological polar surface area (TPSA) is 32.3 Å². The third-order valence-corrected chi connectivity index (χ3v) is 4.59. The van der Waals surface area contributed by atoms with Gasteiger partial charge in [-0.25, -0.2) is 0 Å². The van der Waals surface area contributed by atoms with Crippen molar-refractivity contribution < 1.29 is 5.11 Å². The van der Waals surface area contributed by atoms with Crippen molar-refractivity contribution >= 4 is 38.9 Å². The van der Waals surface area contributed by atoms with Crippen LogP contribution in [0.15, 0.2) is 10.5 Å². The second kappa shape index (κ2) is 6.97. The first-order valence-electron chi connectivity index (χ1n) is 5.31. The molecule has 16 heavy (non-hydrogen) atoms. The molecule has 1 aromatic heterocycles. The first-order chi connectivity index (χ1) is 7.49. The summed E-state index contributed by atoms with van der Waals surface area (Å²) in [7, 11) is 0.